The molecule has 4 nitrogen and oxygen atoms in total. The third-order valence-electron chi connectivity index (χ3n) is 4.14. The van der Waals surface area contributed by atoms with Crippen molar-refractivity contribution in [2.75, 3.05) is 6.54 Å². The maximum atomic E-state index is 12.4. The average Bonchev–Trinajstić information content (AvgIpc) is 2.97. The van der Waals surface area contributed by atoms with Crippen molar-refractivity contribution >= 4 is 10.9 Å². The summed E-state index contributed by atoms with van der Waals surface area (Å²) in [4.78, 5) is 15.4. The van der Waals surface area contributed by atoms with Gasteiger partial charge >= 0.3 is 0 Å². The van der Waals surface area contributed by atoms with Gasteiger partial charge in [-0.05, 0) is 23.1 Å². The predicted octanol–water partition coefficient (Wildman–Crippen LogP) is 2.46. The van der Waals surface area contributed by atoms with E-state index in [4.69, 9.17) is 10.5 Å². The first-order chi connectivity index (χ1) is 10.8. The fourth-order valence-corrected chi connectivity index (χ4v) is 3.03. The normalized spacial score (nSPS) is 16.5. The van der Waals surface area contributed by atoms with Crippen LogP contribution in [0.4, 0.5) is 0 Å². The number of aromatic amines is 1. The van der Waals surface area contributed by atoms with Gasteiger partial charge < -0.3 is 15.5 Å². The van der Waals surface area contributed by atoms with Gasteiger partial charge in [0.2, 0.25) is 0 Å². The second-order valence-corrected chi connectivity index (χ2v) is 5.57. The molecular weight excluding hydrogens is 276 g/mol. The lowest BCUT2D eigenvalue weighted by molar-refractivity contribution is 0.242. The first kappa shape index (κ1) is 13.1. The van der Waals surface area contributed by atoms with Gasteiger partial charge in [0.15, 0.2) is 0 Å². The Labute approximate surface area is 127 Å². The average molecular weight is 292 g/mol. The number of H-pyrrole nitrogens is 1. The molecule has 1 atom stereocenters. The lowest BCUT2D eigenvalue weighted by Crippen LogP contribution is -2.24. The SMILES string of the molecule is NCC1Cc2cccc(-c3cc4ccccc4[nH]c3=O)c2O1. The van der Waals surface area contributed by atoms with E-state index in [0.717, 1.165) is 34.2 Å². The molecule has 1 aliphatic rings. The van der Waals surface area contributed by atoms with E-state index >= 15 is 0 Å². The number of aromatic nitrogens is 1. The molecule has 0 aliphatic carbocycles. The quantitative estimate of drug-likeness (QED) is 0.762. The molecule has 0 radical (unpaired) electrons. The van der Waals surface area contributed by atoms with E-state index in [0.29, 0.717) is 12.1 Å². The molecule has 0 spiro atoms. The number of hydrogen-bond donors (Lipinski definition) is 2. The molecule has 0 saturated carbocycles. The van der Waals surface area contributed by atoms with Crippen molar-refractivity contribution in [1.29, 1.82) is 0 Å². The van der Waals surface area contributed by atoms with Crippen LogP contribution in [0.3, 0.4) is 0 Å². The summed E-state index contributed by atoms with van der Waals surface area (Å²) in [6.07, 6.45) is 0.793. The van der Waals surface area contributed by atoms with Crippen molar-refractivity contribution in [2.24, 2.45) is 5.73 Å². The van der Waals surface area contributed by atoms with Crippen molar-refractivity contribution in [3.63, 3.8) is 0 Å². The molecule has 110 valence electrons. The number of benzene rings is 2. The number of ether oxygens (including phenoxy) is 1. The highest BCUT2D eigenvalue weighted by atomic mass is 16.5. The van der Waals surface area contributed by atoms with Gasteiger partial charge in [0.1, 0.15) is 11.9 Å². The van der Waals surface area contributed by atoms with Crippen molar-refractivity contribution in [1.82, 2.24) is 4.98 Å². The highest BCUT2D eigenvalue weighted by molar-refractivity contribution is 5.85. The Kier molecular flexibility index (Phi) is 2.98. The van der Waals surface area contributed by atoms with Gasteiger partial charge in [0.05, 0.1) is 5.56 Å². The summed E-state index contributed by atoms with van der Waals surface area (Å²) in [5.41, 5.74) is 9.02. The van der Waals surface area contributed by atoms with E-state index in [-0.39, 0.29) is 11.7 Å². The standard InChI is InChI=1S/C18H16N2O2/c19-10-13-8-12-5-3-6-14(17(12)22-13)15-9-11-4-1-2-7-16(11)20-18(15)21/h1-7,9,13H,8,10,19H2,(H,20,21). The third-order valence-corrected chi connectivity index (χ3v) is 4.14. The van der Waals surface area contributed by atoms with Gasteiger partial charge in [-0.1, -0.05) is 36.4 Å². The third kappa shape index (κ3) is 2.00. The summed E-state index contributed by atoms with van der Waals surface area (Å²) in [5.74, 6) is 0.790. The molecule has 0 saturated heterocycles. The Morgan fingerprint density at radius 1 is 1.14 bits per heavy atom. The number of pyridine rings is 1. The van der Waals surface area contributed by atoms with E-state index in [1.807, 2.05) is 48.5 Å². The molecule has 3 N–H and O–H groups in total. The zero-order valence-electron chi connectivity index (χ0n) is 12.0. The molecule has 2 heterocycles. The smallest absolute Gasteiger partial charge is 0.256 e. The number of nitrogens with one attached hydrogen (secondary N) is 1. The van der Waals surface area contributed by atoms with Crippen LogP contribution in [0.25, 0.3) is 22.0 Å². The van der Waals surface area contributed by atoms with Gasteiger partial charge in [-0.3, -0.25) is 4.79 Å². The molecule has 1 aliphatic heterocycles. The van der Waals surface area contributed by atoms with E-state index in [9.17, 15) is 4.79 Å². The van der Waals surface area contributed by atoms with Gasteiger partial charge in [0, 0.05) is 24.0 Å². The van der Waals surface area contributed by atoms with Crippen LogP contribution in [0.15, 0.2) is 53.3 Å². The van der Waals surface area contributed by atoms with E-state index < -0.39 is 0 Å². The Balaban J connectivity index is 1.92. The van der Waals surface area contributed by atoms with E-state index in [1.54, 1.807) is 0 Å². The number of hydrogen-bond acceptors (Lipinski definition) is 3. The van der Waals surface area contributed by atoms with Crippen LogP contribution in [-0.2, 0) is 6.42 Å². The summed E-state index contributed by atoms with van der Waals surface area (Å²) in [7, 11) is 0. The van der Waals surface area contributed by atoms with Gasteiger partial charge in [-0.15, -0.1) is 0 Å². The largest absolute Gasteiger partial charge is 0.488 e. The molecule has 4 heteroatoms. The second-order valence-electron chi connectivity index (χ2n) is 5.57. The molecular formula is C18H16N2O2. The maximum Gasteiger partial charge on any atom is 0.256 e. The van der Waals surface area contributed by atoms with Crippen LogP contribution in [0, 0.1) is 0 Å². The summed E-state index contributed by atoms with van der Waals surface area (Å²) in [6, 6.07) is 15.6. The van der Waals surface area contributed by atoms with Crippen molar-refractivity contribution in [3.8, 4) is 16.9 Å². The second kappa shape index (κ2) is 5.00. The topological polar surface area (TPSA) is 68.1 Å². The van der Waals surface area contributed by atoms with Crippen LogP contribution in [0.5, 0.6) is 5.75 Å². The molecule has 1 aromatic heterocycles. The minimum absolute atomic E-state index is 0.00399. The van der Waals surface area contributed by atoms with Gasteiger partial charge in [-0.2, -0.15) is 0 Å². The minimum atomic E-state index is -0.105. The lowest BCUT2D eigenvalue weighted by atomic mass is 10.0. The van der Waals surface area contributed by atoms with Crippen LogP contribution >= 0.6 is 0 Å². The fraction of sp³-hybridized carbons (Fsp3) is 0.167. The molecule has 4 rings (SSSR count). The number of fused-ring (bicyclic) bond motifs is 2. The molecule has 3 aromatic rings. The first-order valence-corrected chi connectivity index (χ1v) is 7.37. The highest BCUT2D eigenvalue weighted by Crippen LogP contribution is 2.37. The van der Waals surface area contributed by atoms with Crippen LogP contribution in [0.1, 0.15) is 5.56 Å². The van der Waals surface area contributed by atoms with Crippen molar-refractivity contribution in [3.05, 3.63) is 64.4 Å². The van der Waals surface area contributed by atoms with Crippen LogP contribution in [-0.4, -0.2) is 17.6 Å². The molecule has 22 heavy (non-hydrogen) atoms. The highest BCUT2D eigenvalue weighted by Gasteiger charge is 2.25. The van der Waals surface area contributed by atoms with Crippen LogP contribution < -0.4 is 16.0 Å². The maximum absolute atomic E-state index is 12.4. The Morgan fingerprint density at radius 3 is 2.86 bits per heavy atom. The van der Waals surface area contributed by atoms with Crippen molar-refractivity contribution < 1.29 is 4.74 Å². The molecule has 0 fully saturated rings. The zero-order chi connectivity index (χ0) is 15.1. The van der Waals surface area contributed by atoms with E-state index in [1.165, 1.54) is 0 Å². The molecule has 2 aromatic carbocycles. The summed E-state index contributed by atoms with van der Waals surface area (Å²) < 4.78 is 5.93. The number of para-hydroxylation sites is 2. The fourth-order valence-electron chi connectivity index (χ4n) is 3.03. The van der Waals surface area contributed by atoms with Gasteiger partial charge in [-0.25, -0.2) is 0 Å². The Morgan fingerprint density at radius 2 is 2.00 bits per heavy atom. The molecule has 0 bridgehead atoms. The first-order valence-electron chi connectivity index (χ1n) is 7.37. The van der Waals surface area contributed by atoms with Crippen molar-refractivity contribution in [2.45, 2.75) is 12.5 Å². The molecule has 1 unspecified atom stereocenters. The van der Waals surface area contributed by atoms with E-state index in [2.05, 4.69) is 4.98 Å². The minimum Gasteiger partial charge on any atom is -0.488 e. The lowest BCUT2D eigenvalue weighted by Gasteiger charge is -2.11. The Hall–Kier alpha value is -2.59. The monoisotopic (exact) mass is 292 g/mol. The Bertz CT molecular complexity index is 914. The summed E-state index contributed by atoms with van der Waals surface area (Å²) in [5, 5.41) is 1.00. The zero-order valence-corrected chi connectivity index (χ0v) is 12.0. The van der Waals surface area contributed by atoms with Crippen LogP contribution in [0.2, 0.25) is 0 Å². The summed E-state index contributed by atoms with van der Waals surface area (Å²) >= 11 is 0. The molecule has 0 amide bonds. The predicted molar refractivity (Wildman–Crippen MR) is 87.2 cm³/mol. The van der Waals surface area contributed by atoms with Gasteiger partial charge in [0.25, 0.3) is 5.56 Å². The number of nitrogens with two attached hydrogens (primary N) is 1. The number of rotatable bonds is 2. The summed E-state index contributed by atoms with van der Waals surface area (Å²) in [6.45, 7) is 0.474.